The van der Waals surface area contributed by atoms with Gasteiger partial charge >= 0.3 is 0 Å². The Morgan fingerprint density at radius 1 is 1.11 bits per heavy atom. The van der Waals surface area contributed by atoms with Crippen LogP contribution < -0.4 is 20.8 Å². The molecule has 0 fully saturated rings. The number of para-hydroxylation sites is 2. The van der Waals surface area contributed by atoms with E-state index < -0.39 is 5.91 Å². The van der Waals surface area contributed by atoms with Crippen molar-refractivity contribution in [2.24, 2.45) is 10.8 Å². The summed E-state index contributed by atoms with van der Waals surface area (Å²) in [5.74, 6) is 0.704. The van der Waals surface area contributed by atoms with E-state index in [2.05, 4.69) is 37.0 Å². The second-order valence-corrected chi connectivity index (χ2v) is 9.66. The van der Waals surface area contributed by atoms with Gasteiger partial charge in [-0.2, -0.15) is 9.78 Å². The molecule has 38 heavy (non-hydrogen) atoms. The van der Waals surface area contributed by atoms with Gasteiger partial charge < -0.3 is 19.6 Å². The summed E-state index contributed by atoms with van der Waals surface area (Å²) in [6.45, 7) is 1.85. The molecule has 0 atom stereocenters. The van der Waals surface area contributed by atoms with Crippen molar-refractivity contribution >= 4 is 65.9 Å². The van der Waals surface area contributed by atoms with Gasteiger partial charge in [0.2, 0.25) is 5.82 Å². The van der Waals surface area contributed by atoms with Crippen LogP contribution in [0.25, 0.3) is 33.5 Å². The predicted molar refractivity (Wildman–Crippen MR) is 152 cm³/mol. The molecular weight excluding hydrogens is 620 g/mol. The van der Waals surface area contributed by atoms with Crippen molar-refractivity contribution in [2.45, 2.75) is 6.92 Å². The van der Waals surface area contributed by atoms with Gasteiger partial charge in [0.25, 0.3) is 11.5 Å². The van der Waals surface area contributed by atoms with Crippen molar-refractivity contribution in [1.29, 1.82) is 0 Å². The molecule has 0 aliphatic rings. The summed E-state index contributed by atoms with van der Waals surface area (Å²) in [6, 6.07) is 18.1. The Hall–Kier alpha value is -3.96. The molecule has 5 rings (SSSR count). The molecular formula is C27H20Br2N4O5. The van der Waals surface area contributed by atoms with E-state index in [9.17, 15) is 9.59 Å². The Balaban J connectivity index is 1.66. The molecule has 9 nitrogen and oxygen atoms in total. The Bertz CT molecular complexity index is 1740. The average molecular weight is 640 g/mol. The van der Waals surface area contributed by atoms with Crippen LogP contribution >= 0.6 is 31.9 Å². The number of furan rings is 1. The average Bonchev–Trinajstić information content (AvgIpc) is 3.34. The lowest BCUT2D eigenvalue weighted by atomic mass is 10.2. The van der Waals surface area contributed by atoms with Gasteiger partial charge in [-0.05, 0) is 69.1 Å². The summed E-state index contributed by atoms with van der Waals surface area (Å²) in [5.41, 5.74) is 6.64. The second kappa shape index (κ2) is 10.8. The van der Waals surface area contributed by atoms with Crippen LogP contribution in [-0.4, -0.2) is 35.0 Å². The lowest BCUT2D eigenvalue weighted by Crippen LogP contribution is -2.21. The highest BCUT2D eigenvalue weighted by Crippen LogP contribution is 2.42. The number of nitrogens with two attached hydrogens (primary N) is 1. The SMILES string of the molecule is CCOc1cc(C=Nn2c(-c3cc4ccccc4o3)nc3ccccc3c2=O)c(Br)c(Br)c1OCC(N)=O. The third kappa shape index (κ3) is 4.94. The van der Waals surface area contributed by atoms with E-state index in [0.29, 0.717) is 54.9 Å². The molecule has 0 bridgehead atoms. The smallest absolute Gasteiger partial charge is 0.282 e. The Morgan fingerprint density at radius 3 is 2.63 bits per heavy atom. The van der Waals surface area contributed by atoms with E-state index >= 15 is 0 Å². The van der Waals surface area contributed by atoms with E-state index in [4.69, 9.17) is 24.6 Å². The van der Waals surface area contributed by atoms with Crippen molar-refractivity contribution in [3.63, 3.8) is 0 Å². The third-order valence-electron chi connectivity index (χ3n) is 5.53. The molecule has 0 saturated heterocycles. The summed E-state index contributed by atoms with van der Waals surface area (Å²) in [6.07, 6.45) is 1.50. The number of rotatable bonds is 8. The first-order valence-corrected chi connectivity index (χ1v) is 13.1. The normalized spacial score (nSPS) is 11.4. The van der Waals surface area contributed by atoms with Crippen LogP contribution in [0.5, 0.6) is 11.5 Å². The minimum absolute atomic E-state index is 0.253. The molecule has 0 spiro atoms. The van der Waals surface area contributed by atoms with Crippen LogP contribution in [-0.2, 0) is 4.79 Å². The summed E-state index contributed by atoms with van der Waals surface area (Å²) in [7, 11) is 0. The first-order chi connectivity index (χ1) is 18.4. The Kier molecular flexibility index (Phi) is 7.30. The number of carbonyl (C=O) groups excluding carboxylic acids is 1. The van der Waals surface area contributed by atoms with Gasteiger partial charge in [0, 0.05) is 15.4 Å². The van der Waals surface area contributed by atoms with E-state index in [-0.39, 0.29) is 18.0 Å². The zero-order valence-corrected chi connectivity index (χ0v) is 23.2. The predicted octanol–water partition coefficient (Wildman–Crippen LogP) is 5.48. The van der Waals surface area contributed by atoms with Crippen molar-refractivity contribution in [3.05, 3.63) is 85.5 Å². The van der Waals surface area contributed by atoms with Gasteiger partial charge in [-0.15, -0.1) is 0 Å². The second-order valence-electron chi connectivity index (χ2n) is 8.07. The van der Waals surface area contributed by atoms with Crippen LogP contribution in [0.15, 0.2) is 83.9 Å². The molecule has 5 aromatic rings. The molecule has 2 heterocycles. The number of amides is 1. The van der Waals surface area contributed by atoms with Crippen LogP contribution in [0.1, 0.15) is 12.5 Å². The van der Waals surface area contributed by atoms with Crippen LogP contribution in [0.4, 0.5) is 0 Å². The minimum Gasteiger partial charge on any atom is -0.490 e. The zero-order chi connectivity index (χ0) is 26.8. The molecule has 3 aromatic carbocycles. The van der Waals surface area contributed by atoms with Crippen molar-refractivity contribution in [1.82, 2.24) is 9.66 Å². The number of primary amides is 1. The molecule has 11 heteroatoms. The Morgan fingerprint density at radius 2 is 1.87 bits per heavy atom. The molecule has 0 aliphatic heterocycles. The standard InChI is InChI=1S/C27H20Br2N4O5/c1-2-36-20-12-16(23(28)24(29)25(20)37-14-22(30)34)13-31-33-26(21-11-15-7-3-6-10-19(15)38-21)32-18-9-5-4-8-17(18)27(33)35/h3-13H,2,14H2,1H3,(H2,30,34). The molecule has 2 N–H and O–H groups in total. The third-order valence-corrected chi connectivity index (χ3v) is 7.67. The summed E-state index contributed by atoms with van der Waals surface area (Å²) >= 11 is 7.02. The van der Waals surface area contributed by atoms with Crippen molar-refractivity contribution < 1.29 is 18.7 Å². The van der Waals surface area contributed by atoms with Gasteiger partial charge in [0.05, 0.1) is 28.2 Å². The number of ether oxygens (including phenoxy) is 2. The first-order valence-electron chi connectivity index (χ1n) is 11.5. The largest absolute Gasteiger partial charge is 0.490 e. The quantitative estimate of drug-likeness (QED) is 0.224. The number of hydrogen-bond donors (Lipinski definition) is 1. The van der Waals surface area contributed by atoms with E-state index in [1.165, 1.54) is 10.9 Å². The minimum atomic E-state index is -0.623. The van der Waals surface area contributed by atoms with Crippen molar-refractivity contribution in [3.8, 4) is 23.1 Å². The van der Waals surface area contributed by atoms with Crippen LogP contribution in [0, 0.1) is 0 Å². The van der Waals surface area contributed by atoms with Gasteiger partial charge in [0.15, 0.2) is 23.9 Å². The lowest BCUT2D eigenvalue weighted by Gasteiger charge is -2.15. The van der Waals surface area contributed by atoms with Crippen molar-refractivity contribution in [2.75, 3.05) is 13.2 Å². The van der Waals surface area contributed by atoms with E-state index in [1.54, 1.807) is 24.3 Å². The first kappa shape index (κ1) is 25.7. The highest BCUT2D eigenvalue weighted by Gasteiger charge is 2.19. The molecule has 0 aliphatic carbocycles. The molecule has 2 aromatic heterocycles. The highest BCUT2D eigenvalue weighted by atomic mass is 79.9. The highest BCUT2D eigenvalue weighted by molar-refractivity contribution is 9.13. The Labute approximate surface area is 233 Å². The number of hydrogen-bond acceptors (Lipinski definition) is 7. The maximum Gasteiger partial charge on any atom is 0.282 e. The molecule has 192 valence electrons. The monoisotopic (exact) mass is 638 g/mol. The van der Waals surface area contributed by atoms with Crippen LogP contribution in [0.3, 0.4) is 0 Å². The molecule has 1 amide bonds. The molecule has 0 unspecified atom stereocenters. The topological polar surface area (TPSA) is 122 Å². The van der Waals surface area contributed by atoms with Crippen LogP contribution in [0.2, 0.25) is 0 Å². The maximum absolute atomic E-state index is 13.5. The number of aromatic nitrogens is 2. The van der Waals surface area contributed by atoms with E-state index in [1.807, 2.05) is 43.3 Å². The van der Waals surface area contributed by atoms with Gasteiger partial charge in [0.1, 0.15) is 5.58 Å². The summed E-state index contributed by atoms with van der Waals surface area (Å²) in [4.78, 5) is 29.5. The number of fused-ring (bicyclic) bond motifs is 2. The fraction of sp³-hybridized carbons (Fsp3) is 0.111. The number of nitrogens with zero attached hydrogens (tertiary/aromatic N) is 3. The summed E-state index contributed by atoms with van der Waals surface area (Å²) in [5, 5.41) is 5.80. The number of benzene rings is 3. The number of carbonyl (C=O) groups is 1. The molecule has 0 radical (unpaired) electrons. The van der Waals surface area contributed by atoms with Gasteiger partial charge in [-0.3, -0.25) is 9.59 Å². The maximum atomic E-state index is 13.5. The fourth-order valence-corrected chi connectivity index (χ4v) is 4.78. The van der Waals surface area contributed by atoms with Gasteiger partial charge in [-0.25, -0.2) is 4.98 Å². The fourth-order valence-electron chi connectivity index (χ4n) is 3.84. The molecule has 0 saturated carbocycles. The summed E-state index contributed by atoms with van der Waals surface area (Å²) < 4.78 is 19.6. The zero-order valence-electron chi connectivity index (χ0n) is 20.0. The lowest BCUT2D eigenvalue weighted by molar-refractivity contribution is -0.119. The number of halogens is 2. The van der Waals surface area contributed by atoms with Gasteiger partial charge in [-0.1, -0.05) is 30.3 Å². The van der Waals surface area contributed by atoms with E-state index in [0.717, 1.165) is 5.39 Å².